The third-order valence-electron chi connectivity index (χ3n) is 10.9. The van der Waals surface area contributed by atoms with Gasteiger partial charge < -0.3 is 9.32 Å². The third-order valence-corrected chi connectivity index (χ3v) is 12.1. The normalized spacial score (nSPS) is 11.6. The number of rotatable bonds is 6. The first-order valence-corrected chi connectivity index (χ1v) is 19.5. The molecule has 11 aromatic rings. The van der Waals surface area contributed by atoms with E-state index in [1.54, 1.807) is 0 Å². The van der Waals surface area contributed by atoms with Crippen molar-refractivity contribution >= 4 is 81.3 Å². The first kappa shape index (κ1) is 31.6. The van der Waals surface area contributed by atoms with E-state index in [1.165, 1.54) is 53.2 Å². The molecular formula is C52H33NOS. The summed E-state index contributed by atoms with van der Waals surface area (Å²) in [6.45, 7) is 0. The molecule has 0 saturated heterocycles. The topological polar surface area (TPSA) is 16.4 Å². The zero-order valence-electron chi connectivity index (χ0n) is 29.8. The molecule has 0 aliphatic heterocycles. The van der Waals surface area contributed by atoms with E-state index in [1.807, 2.05) is 11.3 Å². The molecule has 0 radical (unpaired) electrons. The van der Waals surface area contributed by atoms with Crippen LogP contribution in [0.3, 0.4) is 0 Å². The average molecular weight is 720 g/mol. The van der Waals surface area contributed by atoms with E-state index in [-0.39, 0.29) is 0 Å². The lowest BCUT2D eigenvalue weighted by Crippen LogP contribution is -2.10. The fourth-order valence-corrected chi connectivity index (χ4v) is 9.43. The van der Waals surface area contributed by atoms with Gasteiger partial charge in [-0.1, -0.05) is 158 Å². The maximum atomic E-state index is 6.96. The van der Waals surface area contributed by atoms with E-state index < -0.39 is 0 Å². The minimum atomic E-state index is 0.860. The maximum absolute atomic E-state index is 6.96. The molecule has 0 spiro atoms. The number of furan rings is 1. The van der Waals surface area contributed by atoms with Crippen LogP contribution in [0.2, 0.25) is 0 Å². The second kappa shape index (κ2) is 12.9. The van der Waals surface area contributed by atoms with Crippen LogP contribution < -0.4 is 4.90 Å². The van der Waals surface area contributed by atoms with Crippen LogP contribution in [0.25, 0.3) is 86.3 Å². The molecule has 3 heteroatoms. The van der Waals surface area contributed by atoms with Crippen LogP contribution >= 0.6 is 11.3 Å². The Morgan fingerprint density at radius 1 is 0.364 bits per heavy atom. The minimum absolute atomic E-state index is 0.860. The van der Waals surface area contributed by atoms with Crippen molar-refractivity contribution in [3.05, 3.63) is 200 Å². The molecule has 2 heterocycles. The average Bonchev–Trinajstić information content (AvgIpc) is 3.84. The van der Waals surface area contributed by atoms with Crippen molar-refractivity contribution in [2.45, 2.75) is 0 Å². The number of para-hydroxylation sites is 2. The number of thiophene rings is 1. The summed E-state index contributed by atoms with van der Waals surface area (Å²) in [5.41, 5.74) is 11.9. The molecule has 0 amide bonds. The van der Waals surface area contributed by atoms with Crippen LogP contribution in [0.4, 0.5) is 17.1 Å². The summed E-state index contributed by atoms with van der Waals surface area (Å²) >= 11 is 1.87. The first-order valence-electron chi connectivity index (χ1n) is 18.7. The van der Waals surface area contributed by atoms with Crippen molar-refractivity contribution < 1.29 is 4.42 Å². The number of fused-ring (bicyclic) bond motifs is 7. The standard InChI is InChI=1S/C52H33NOS/c1-2-12-36(13-3-1)42-16-8-18-45-46-19-10-21-48(51(46)54-50(42)45)53(40-29-25-35(26-30-40)39-24-23-34-11-4-5-14-38(34)33-39)41-31-27-37(28-32-41)43-17-9-20-47-44-15-6-7-22-49(44)55-52(43)47/h1-33H. The molecule has 0 aliphatic rings. The molecule has 0 N–H and O–H groups in total. The number of nitrogens with zero attached hydrogens (tertiary/aromatic N) is 1. The Balaban J connectivity index is 1.07. The van der Waals surface area contributed by atoms with Gasteiger partial charge in [0.25, 0.3) is 0 Å². The highest BCUT2D eigenvalue weighted by molar-refractivity contribution is 7.26. The predicted octanol–water partition coefficient (Wildman–Crippen LogP) is 15.6. The largest absolute Gasteiger partial charge is 0.453 e. The van der Waals surface area contributed by atoms with Gasteiger partial charge in [-0.15, -0.1) is 11.3 Å². The molecule has 0 saturated carbocycles. The maximum Gasteiger partial charge on any atom is 0.159 e. The molecule has 0 aliphatic carbocycles. The predicted molar refractivity (Wildman–Crippen MR) is 235 cm³/mol. The van der Waals surface area contributed by atoms with Gasteiger partial charge in [-0.2, -0.15) is 0 Å². The van der Waals surface area contributed by atoms with Crippen LogP contribution in [0.5, 0.6) is 0 Å². The Kier molecular flexibility index (Phi) is 7.39. The van der Waals surface area contributed by atoms with Gasteiger partial charge in [0.05, 0.1) is 5.69 Å². The minimum Gasteiger partial charge on any atom is -0.453 e. The van der Waals surface area contributed by atoms with Crippen LogP contribution in [0, 0.1) is 0 Å². The van der Waals surface area contributed by atoms with Crippen LogP contribution in [0.1, 0.15) is 0 Å². The second-order valence-corrected chi connectivity index (χ2v) is 15.1. The van der Waals surface area contributed by atoms with E-state index in [0.717, 1.165) is 50.1 Å². The second-order valence-electron chi connectivity index (χ2n) is 14.1. The van der Waals surface area contributed by atoms with E-state index >= 15 is 0 Å². The SMILES string of the molecule is c1ccc(-c2cccc3c2oc2c(N(c4ccc(-c5ccc6ccccc6c5)cc4)c4ccc(-c5cccc6c5sc5ccccc56)cc4)cccc23)cc1. The van der Waals surface area contributed by atoms with Gasteiger partial charge in [0.1, 0.15) is 5.58 Å². The van der Waals surface area contributed by atoms with Crippen LogP contribution in [-0.4, -0.2) is 0 Å². The van der Waals surface area contributed by atoms with Crippen molar-refractivity contribution in [1.82, 2.24) is 0 Å². The Morgan fingerprint density at radius 2 is 0.945 bits per heavy atom. The van der Waals surface area contributed by atoms with E-state index in [4.69, 9.17) is 4.42 Å². The molecular weight excluding hydrogens is 687 g/mol. The van der Waals surface area contributed by atoms with Gasteiger partial charge in [0.15, 0.2) is 5.58 Å². The lowest BCUT2D eigenvalue weighted by molar-refractivity contribution is 0.670. The molecule has 0 atom stereocenters. The molecule has 55 heavy (non-hydrogen) atoms. The zero-order chi connectivity index (χ0) is 36.3. The Labute approximate surface area is 322 Å². The zero-order valence-corrected chi connectivity index (χ0v) is 30.6. The van der Waals surface area contributed by atoms with Crippen molar-refractivity contribution in [3.8, 4) is 33.4 Å². The number of anilines is 3. The fraction of sp³-hybridized carbons (Fsp3) is 0. The highest BCUT2D eigenvalue weighted by Gasteiger charge is 2.21. The Hall–Kier alpha value is -6.94. The van der Waals surface area contributed by atoms with E-state index in [2.05, 4.69) is 205 Å². The molecule has 11 rings (SSSR count). The molecule has 0 unspecified atom stereocenters. The van der Waals surface area contributed by atoms with Crippen LogP contribution in [0.15, 0.2) is 205 Å². The summed E-state index contributed by atoms with van der Waals surface area (Å²) in [5, 5.41) is 7.31. The molecule has 258 valence electrons. The van der Waals surface area contributed by atoms with Gasteiger partial charge in [-0.05, 0) is 81.1 Å². The molecule has 0 fully saturated rings. The van der Waals surface area contributed by atoms with Crippen LogP contribution in [-0.2, 0) is 0 Å². The molecule has 2 nitrogen and oxygen atoms in total. The number of benzene rings is 9. The highest BCUT2D eigenvalue weighted by Crippen LogP contribution is 2.45. The smallest absolute Gasteiger partial charge is 0.159 e. The van der Waals surface area contributed by atoms with Gasteiger partial charge in [0.2, 0.25) is 0 Å². The summed E-state index contributed by atoms with van der Waals surface area (Å²) < 4.78 is 9.59. The van der Waals surface area contributed by atoms with Crippen molar-refractivity contribution in [3.63, 3.8) is 0 Å². The van der Waals surface area contributed by atoms with Gasteiger partial charge in [-0.25, -0.2) is 0 Å². The highest BCUT2D eigenvalue weighted by atomic mass is 32.1. The number of hydrogen-bond donors (Lipinski definition) is 0. The van der Waals surface area contributed by atoms with Crippen molar-refractivity contribution in [2.24, 2.45) is 0 Å². The lowest BCUT2D eigenvalue weighted by Gasteiger charge is -2.26. The van der Waals surface area contributed by atoms with Gasteiger partial charge in [-0.3, -0.25) is 0 Å². The van der Waals surface area contributed by atoms with Crippen molar-refractivity contribution in [1.29, 1.82) is 0 Å². The summed E-state index contributed by atoms with van der Waals surface area (Å²) in [6, 6.07) is 72.0. The molecule has 9 aromatic carbocycles. The summed E-state index contributed by atoms with van der Waals surface area (Å²) in [6.07, 6.45) is 0. The number of hydrogen-bond acceptors (Lipinski definition) is 3. The third kappa shape index (κ3) is 5.32. The van der Waals surface area contributed by atoms with Crippen molar-refractivity contribution in [2.75, 3.05) is 4.90 Å². The Morgan fingerprint density at radius 3 is 1.75 bits per heavy atom. The van der Waals surface area contributed by atoms with Gasteiger partial charge in [0, 0.05) is 47.9 Å². The summed E-state index contributed by atoms with van der Waals surface area (Å²) in [4.78, 5) is 2.33. The quantitative estimate of drug-likeness (QED) is 0.170. The lowest BCUT2D eigenvalue weighted by atomic mass is 10.0. The first-order chi connectivity index (χ1) is 27.3. The van der Waals surface area contributed by atoms with Gasteiger partial charge >= 0.3 is 0 Å². The molecule has 2 aromatic heterocycles. The fourth-order valence-electron chi connectivity index (χ4n) is 8.19. The monoisotopic (exact) mass is 719 g/mol. The molecule has 0 bridgehead atoms. The summed E-state index contributed by atoms with van der Waals surface area (Å²) in [5.74, 6) is 0. The Bertz CT molecular complexity index is 3190. The van der Waals surface area contributed by atoms with E-state index in [9.17, 15) is 0 Å². The van der Waals surface area contributed by atoms with E-state index in [0.29, 0.717) is 0 Å². The summed E-state index contributed by atoms with van der Waals surface area (Å²) in [7, 11) is 0.